The van der Waals surface area contributed by atoms with Gasteiger partial charge in [-0.1, -0.05) is 6.07 Å². The Hall–Kier alpha value is -3.29. The highest BCUT2D eigenvalue weighted by atomic mass is 16.2. The molecule has 1 aliphatic carbocycles. The zero-order valence-electron chi connectivity index (χ0n) is 13.5. The monoisotopic (exact) mass is 335 g/mol. The van der Waals surface area contributed by atoms with Crippen molar-refractivity contribution in [3.63, 3.8) is 0 Å². The van der Waals surface area contributed by atoms with Crippen LogP contribution in [0.1, 0.15) is 18.4 Å². The molecule has 0 atom stereocenters. The van der Waals surface area contributed by atoms with Crippen molar-refractivity contribution in [2.45, 2.75) is 25.4 Å². The molecule has 1 aliphatic rings. The summed E-state index contributed by atoms with van der Waals surface area (Å²) in [5.74, 6) is 0.533. The van der Waals surface area contributed by atoms with Gasteiger partial charge >= 0.3 is 6.03 Å². The molecule has 1 fully saturated rings. The van der Waals surface area contributed by atoms with E-state index < -0.39 is 0 Å². The number of aromatic nitrogens is 5. The summed E-state index contributed by atoms with van der Waals surface area (Å²) in [6.45, 7) is 0.531. The molecule has 0 saturated heterocycles. The third-order valence-electron chi connectivity index (χ3n) is 3.99. The number of urea groups is 1. The Bertz CT molecular complexity index is 846. The van der Waals surface area contributed by atoms with E-state index in [0.29, 0.717) is 18.1 Å². The van der Waals surface area contributed by atoms with Crippen molar-refractivity contribution in [1.82, 2.24) is 29.6 Å². The molecular weight excluding hydrogens is 318 g/mol. The molecule has 25 heavy (non-hydrogen) atoms. The molecule has 0 spiro atoms. The second kappa shape index (κ2) is 6.68. The molecule has 0 unspecified atom stereocenters. The van der Waals surface area contributed by atoms with E-state index in [1.54, 1.807) is 37.1 Å². The van der Waals surface area contributed by atoms with E-state index in [2.05, 4.69) is 25.4 Å². The molecule has 3 heterocycles. The number of pyridine rings is 2. The number of carbonyl (C=O) groups excluding carboxylic acids is 1. The third-order valence-corrected chi connectivity index (χ3v) is 3.99. The Morgan fingerprint density at radius 2 is 2.12 bits per heavy atom. The summed E-state index contributed by atoms with van der Waals surface area (Å²) >= 11 is 0. The van der Waals surface area contributed by atoms with Gasteiger partial charge in [0.25, 0.3) is 0 Å². The summed E-state index contributed by atoms with van der Waals surface area (Å²) in [5, 5.41) is 7.04. The van der Waals surface area contributed by atoms with Gasteiger partial charge in [0.2, 0.25) is 0 Å². The van der Waals surface area contributed by atoms with Gasteiger partial charge < -0.3 is 10.2 Å². The van der Waals surface area contributed by atoms with Gasteiger partial charge in [-0.05, 0) is 36.6 Å². The summed E-state index contributed by atoms with van der Waals surface area (Å²) < 4.78 is 1.53. The van der Waals surface area contributed by atoms with Crippen LogP contribution in [0, 0.1) is 0 Å². The summed E-state index contributed by atoms with van der Waals surface area (Å²) in [6.07, 6.45) is 10.2. The first kappa shape index (κ1) is 15.3. The van der Waals surface area contributed by atoms with Gasteiger partial charge in [0.1, 0.15) is 12.7 Å². The molecule has 3 aromatic rings. The van der Waals surface area contributed by atoms with Crippen LogP contribution in [-0.2, 0) is 6.54 Å². The number of anilines is 1. The van der Waals surface area contributed by atoms with Gasteiger partial charge in [-0.2, -0.15) is 5.10 Å². The van der Waals surface area contributed by atoms with E-state index in [1.165, 1.54) is 11.0 Å². The standard InChI is InChI=1S/C17H17N7O/c25-17(23(14-5-6-14)10-13-3-1-7-18-9-13)22-15-4-2-8-20-16(15)24-12-19-11-21-24/h1-4,7-9,11-12,14H,5-6,10H2,(H,22,25). The van der Waals surface area contributed by atoms with Crippen LogP contribution in [0.2, 0.25) is 0 Å². The number of rotatable bonds is 5. The van der Waals surface area contributed by atoms with Crippen LogP contribution in [0.3, 0.4) is 0 Å². The highest BCUT2D eigenvalue weighted by Crippen LogP contribution is 2.29. The number of hydrogen-bond donors (Lipinski definition) is 1. The Labute approximate surface area is 144 Å². The van der Waals surface area contributed by atoms with Crippen LogP contribution in [0.5, 0.6) is 0 Å². The van der Waals surface area contributed by atoms with E-state index in [4.69, 9.17) is 0 Å². The van der Waals surface area contributed by atoms with Gasteiger partial charge in [-0.25, -0.2) is 19.4 Å². The van der Waals surface area contributed by atoms with Crippen molar-refractivity contribution < 1.29 is 4.79 Å². The summed E-state index contributed by atoms with van der Waals surface area (Å²) in [5.41, 5.74) is 1.60. The smallest absolute Gasteiger partial charge is 0.317 e. The molecule has 0 radical (unpaired) electrons. The lowest BCUT2D eigenvalue weighted by Crippen LogP contribution is -2.36. The second-order valence-corrected chi connectivity index (χ2v) is 5.87. The van der Waals surface area contributed by atoms with Gasteiger partial charge in [0.05, 0.1) is 5.69 Å². The highest BCUT2D eigenvalue weighted by Gasteiger charge is 2.33. The number of nitrogens with one attached hydrogen (secondary N) is 1. The predicted octanol–water partition coefficient (Wildman–Crippen LogP) is 2.25. The zero-order valence-corrected chi connectivity index (χ0v) is 13.5. The van der Waals surface area contributed by atoms with Crippen molar-refractivity contribution in [3.05, 3.63) is 61.1 Å². The molecule has 3 aromatic heterocycles. The van der Waals surface area contributed by atoms with Gasteiger partial charge in [0, 0.05) is 31.2 Å². The van der Waals surface area contributed by atoms with Crippen molar-refractivity contribution in [2.75, 3.05) is 5.32 Å². The third kappa shape index (κ3) is 3.47. The lowest BCUT2D eigenvalue weighted by molar-refractivity contribution is 0.206. The lowest BCUT2D eigenvalue weighted by Gasteiger charge is -2.23. The maximum Gasteiger partial charge on any atom is 0.322 e. The quantitative estimate of drug-likeness (QED) is 0.772. The molecule has 4 rings (SSSR count). The van der Waals surface area contributed by atoms with Crippen molar-refractivity contribution in [3.8, 4) is 5.82 Å². The maximum absolute atomic E-state index is 12.8. The molecule has 8 heteroatoms. The largest absolute Gasteiger partial charge is 0.322 e. The Balaban J connectivity index is 1.54. The Morgan fingerprint density at radius 1 is 1.24 bits per heavy atom. The van der Waals surface area contributed by atoms with Crippen molar-refractivity contribution >= 4 is 11.7 Å². The molecular formula is C17H17N7O. The van der Waals surface area contributed by atoms with E-state index in [1.807, 2.05) is 17.0 Å². The number of carbonyl (C=O) groups is 1. The van der Waals surface area contributed by atoms with Crippen molar-refractivity contribution in [1.29, 1.82) is 0 Å². The Morgan fingerprint density at radius 3 is 2.84 bits per heavy atom. The maximum atomic E-state index is 12.8. The minimum atomic E-state index is -0.152. The van der Waals surface area contributed by atoms with Crippen LogP contribution >= 0.6 is 0 Å². The van der Waals surface area contributed by atoms with Crippen LogP contribution < -0.4 is 5.32 Å². The minimum absolute atomic E-state index is 0.152. The van der Waals surface area contributed by atoms with Gasteiger partial charge in [-0.15, -0.1) is 0 Å². The molecule has 0 aliphatic heterocycles. The normalized spacial score (nSPS) is 13.4. The fourth-order valence-corrected chi connectivity index (χ4v) is 2.62. The average molecular weight is 335 g/mol. The van der Waals surface area contributed by atoms with Crippen LogP contribution in [0.25, 0.3) is 5.82 Å². The first-order valence-corrected chi connectivity index (χ1v) is 8.08. The molecule has 8 nitrogen and oxygen atoms in total. The van der Waals surface area contributed by atoms with E-state index in [9.17, 15) is 4.79 Å². The Kier molecular flexibility index (Phi) is 4.07. The molecule has 0 bridgehead atoms. The number of nitrogens with zero attached hydrogens (tertiary/aromatic N) is 6. The average Bonchev–Trinajstić information content (AvgIpc) is 3.34. The topological polar surface area (TPSA) is 88.8 Å². The first-order chi connectivity index (χ1) is 12.3. The number of amides is 2. The fourth-order valence-electron chi connectivity index (χ4n) is 2.62. The summed E-state index contributed by atoms with van der Waals surface area (Å²) in [6, 6.07) is 7.55. The lowest BCUT2D eigenvalue weighted by atomic mass is 10.2. The molecule has 1 saturated carbocycles. The zero-order chi connectivity index (χ0) is 17.1. The van der Waals surface area contributed by atoms with Crippen LogP contribution in [0.4, 0.5) is 10.5 Å². The minimum Gasteiger partial charge on any atom is -0.317 e. The van der Waals surface area contributed by atoms with E-state index in [-0.39, 0.29) is 12.1 Å². The molecule has 2 amide bonds. The number of hydrogen-bond acceptors (Lipinski definition) is 5. The van der Waals surface area contributed by atoms with Crippen LogP contribution in [-0.4, -0.2) is 41.7 Å². The molecule has 0 aromatic carbocycles. The SMILES string of the molecule is O=C(Nc1cccnc1-n1cncn1)N(Cc1cccnc1)C1CC1. The molecule has 126 valence electrons. The summed E-state index contributed by atoms with van der Waals surface area (Å²) in [7, 11) is 0. The molecule has 1 N–H and O–H groups in total. The van der Waals surface area contributed by atoms with Crippen molar-refractivity contribution in [2.24, 2.45) is 0 Å². The summed E-state index contributed by atoms with van der Waals surface area (Å²) in [4.78, 5) is 27.0. The predicted molar refractivity (Wildman–Crippen MR) is 91.0 cm³/mol. The first-order valence-electron chi connectivity index (χ1n) is 8.08. The second-order valence-electron chi connectivity index (χ2n) is 5.87. The highest BCUT2D eigenvalue weighted by molar-refractivity contribution is 5.91. The van der Waals surface area contributed by atoms with Crippen LogP contribution in [0.15, 0.2) is 55.5 Å². The van der Waals surface area contributed by atoms with Gasteiger partial charge in [0.15, 0.2) is 5.82 Å². The van der Waals surface area contributed by atoms with E-state index in [0.717, 1.165) is 18.4 Å². The fraction of sp³-hybridized carbons (Fsp3) is 0.235. The van der Waals surface area contributed by atoms with E-state index >= 15 is 0 Å². The van der Waals surface area contributed by atoms with Gasteiger partial charge in [-0.3, -0.25) is 4.98 Å².